The minimum absolute atomic E-state index is 0.291. The summed E-state index contributed by atoms with van der Waals surface area (Å²) in [5, 5.41) is 3.47. The zero-order valence-electron chi connectivity index (χ0n) is 12.5. The molecule has 1 N–H and O–H groups in total. The molecule has 0 aromatic carbocycles. The predicted octanol–water partition coefficient (Wildman–Crippen LogP) is 2.42. The Kier molecular flexibility index (Phi) is 7.59. The fourth-order valence-corrected chi connectivity index (χ4v) is 2.56. The highest BCUT2D eigenvalue weighted by Gasteiger charge is 2.21. The van der Waals surface area contributed by atoms with E-state index in [4.69, 9.17) is 6.42 Å². The van der Waals surface area contributed by atoms with Gasteiger partial charge in [0.05, 0.1) is 0 Å². The molecule has 108 valence electrons. The molecule has 0 spiro atoms. The molecule has 0 saturated carbocycles. The molecule has 3 nitrogen and oxygen atoms in total. The van der Waals surface area contributed by atoms with E-state index in [1.807, 2.05) is 4.90 Å². The molecule has 0 bridgehead atoms. The van der Waals surface area contributed by atoms with Gasteiger partial charge in [-0.25, -0.2) is 0 Å². The van der Waals surface area contributed by atoms with Crippen LogP contribution < -0.4 is 5.32 Å². The van der Waals surface area contributed by atoms with E-state index >= 15 is 0 Å². The van der Waals surface area contributed by atoms with Crippen LogP contribution in [0, 0.1) is 18.3 Å². The summed E-state index contributed by atoms with van der Waals surface area (Å²) in [6, 6.07) is 0.494. The lowest BCUT2D eigenvalue weighted by molar-refractivity contribution is -0.132. The Balaban J connectivity index is 2.38. The SMILES string of the molecule is C#CCCCCC(=O)N(CC(C)C)CC1CCCN1. The maximum atomic E-state index is 12.3. The van der Waals surface area contributed by atoms with Crippen LogP contribution in [0.4, 0.5) is 0 Å². The van der Waals surface area contributed by atoms with E-state index < -0.39 is 0 Å². The van der Waals surface area contributed by atoms with E-state index in [9.17, 15) is 4.79 Å². The molecule has 1 fully saturated rings. The summed E-state index contributed by atoms with van der Waals surface area (Å²) in [4.78, 5) is 14.3. The third-order valence-corrected chi connectivity index (χ3v) is 3.50. The third kappa shape index (κ3) is 6.63. The van der Waals surface area contributed by atoms with Gasteiger partial charge in [-0.05, 0) is 38.1 Å². The molecule has 1 aliphatic heterocycles. The molecule has 1 heterocycles. The zero-order valence-corrected chi connectivity index (χ0v) is 12.5. The van der Waals surface area contributed by atoms with Crippen molar-refractivity contribution in [2.75, 3.05) is 19.6 Å². The number of nitrogens with one attached hydrogen (secondary N) is 1. The van der Waals surface area contributed by atoms with Crippen LogP contribution in [0.2, 0.25) is 0 Å². The first-order valence-corrected chi connectivity index (χ1v) is 7.58. The van der Waals surface area contributed by atoms with E-state index in [-0.39, 0.29) is 0 Å². The Morgan fingerprint density at radius 1 is 1.47 bits per heavy atom. The number of carbonyl (C=O) groups is 1. The molecule has 0 radical (unpaired) electrons. The highest BCUT2D eigenvalue weighted by Crippen LogP contribution is 2.11. The summed E-state index contributed by atoms with van der Waals surface area (Å²) in [6.07, 6.45) is 10.9. The van der Waals surface area contributed by atoms with Crippen molar-refractivity contribution in [1.29, 1.82) is 0 Å². The summed E-state index contributed by atoms with van der Waals surface area (Å²) in [7, 11) is 0. The van der Waals surface area contributed by atoms with Crippen LogP contribution in [-0.2, 0) is 4.79 Å². The molecule has 1 aliphatic rings. The zero-order chi connectivity index (χ0) is 14.1. The van der Waals surface area contributed by atoms with Gasteiger partial charge in [-0.15, -0.1) is 12.3 Å². The smallest absolute Gasteiger partial charge is 0.222 e. The maximum absolute atomic E-state index is 12.3. The molecule has 0 aromatic rings. The van der Waals surface area contributed by atoms with Crippen molar-refractivity contribution in [2.24, 2.45) is 5.92 Å². The van der Waals surface area contributed by atoms with Crippen LogP contribution in [0.3, 0.4) is 0 Å². The van der Waals surface area contributed by atoms with Crippen LogP contribution in [0.5, 0.6) is 0 Å². The van der Waals surface area contributed by atoms with E-state index in [1.54, 1.807) is 0 Å². The standard InChI is InChI=1S/C16H28N2O/c1-4-5-6-7-10-16(19)18(12-14(2)3)13-15-9-8-11-17-15/h1,14-15,17H,5-13H2,2-3H3. The van der Waals surface area contributed by atoms with Gasteiger partial charge in [0, 0.05) is 32.0 Å². The lowest BCUT2D eigenvalue weighted by Crippen LogP contribution is -2.42. The van der Waals surface area contributed by atoms with Crippen molar-refractivity contribution in [3.05, 3.63) is 0 Å². The van der Waals surface area contributed by atoms with Gasteiger partial charge in [0.25, 0.3) is 0 Å². The van der Waals surface area contributed by atoms with E-state index in [0.717, 1.165) is 38.9 Å². The number of amides is 1. The summed E-state index contributed by atoms with van der Waals surface area (Å²) >= 11 is 0. The fraction of sp³-hybridized carbons (Fsp3) is 0.812. The summed E-state index contributed by atoms with van der Waals surface area (Å²) in [5.41, 5.74) is 0. The average molecular weight is 264 g/mol. The van der Waals surface area contributed by atoms with Gasteiger partial charge >= 0.3 is 0 Å². The van der Waals surface area contributed by atoms with Crippen molar-refractivity contribution in [2.45, 2.75) is 58.4 Å². The van der Waals surface area contributed by atoms with Gasteiger partial charge in [0.1, 0.15) is 0 Å². The Bertz CT molecular complexity index is 300. The molecule has 1 saturated heterocycles. The Labute approximate surface area is 118 Å². The number of rotatable bonds is 8. The van der Waals surface area contributed by atoms with Gasteiger partial charge in [0.15, 0.2) is 0 Å². The number of terminal acetylenes is 1. The van der Waals surface area contributed by atoms with Crippen LogP contribution in [-0.4, -0.2) is 36.5 Å². The monoisotopic (exact) mass is 264 g/mol. The van der Waals surface area contributed by atoms with Gasteiger partial charge in [-0.3, -0.25) is 4.79 Å². The molecule has 0 aromatic heterocycles. The fourth-order valence-electron chi connectivity index (χ4n) is 2.56. The molecule has 1 unspecified atom stereocenters. The van der Waals surface area contributed by atoms with Gasteiger partial charge < -0.3 is 10.2 Å². The Morgan fingerprint density at radius 2 is 2.26 bits per heavy atom. The lowest BCUT2D eigenvalue weighted by atomic mass is 10.1. The number of nitrogens with zero attached hydrogens (tertiary/aromatic N) is 1. The van der Waals surface area contributed by atoms with E-state index in [0.29, 0.717) is 24.3 Å². The second-order valence-electron chi connectivity index (χ2n) is 5.90. The minimum Gasteiger partial charge on any atom is -0.341 e. The second-order valence-corrected chi connectivity index (χ2v) is 5.90. The molecule has 1 atom stereocenters. The molecule has 19 heavy (non-hydrogen) atoms. The molecule has 1 amide bonds. The molecular weight excluding hydrogens is 236 g/mol. The normalized spacial score (nSPS) is 18.5. The first-order valence-electron chi connectivity index (χ1n) is 7.58. The Morgan fingerprint density at radius 3 is 2.84 bits per heavy atom. The summed E-state index contributed by atoms with van der Waals surface area (Å²) < 4.78 is 0. The summed E-state index contributed by atoms with van der Waals surface area (Å²) in [5.74, 6) is 3.44. The number of hydrogen-bond donors (Lipinski definition) is 1. The second kappa shape index (κ2) is 8.98. The number of hydrogen-bond acceptors (Lipinski definition) is 2. The van der Waals surface area contributed by atoms with Crippen LogP contribution >= 0.6 is 0 Å². The van der Waals surface area contributed by atoms with Gasteiger partial charge in [-0.2, -0.15) is 0 Å². The van der Waals surface area contributed by atoms with Crippen LogP contribution in [0.1, 0.15) is 52.4 Å². The highest BCUT2D eigenvalue weighted by molar-refractivity contribution is 5.76. The maximum Gasteiger partial charge on any atom is 0.222 e. The van der Waals surface area contributed by atoms with Crippen molar-refractivity contribution in [1.82, 2.24) is 10.2 Å². The minimum atomic E-state index is 0.291. The largest absolute Gasteiger partial charge is 0.341 e. The molecule has 3 heteroatoms. The first-order chi connectivity index (χ1) is 9.13. The van der Waals surface area contributed by atoms with E-state index in [2.05, 4.69) is 25.1 Å². The van der Waals surface area contributed by atoms with Gasteiger partial charge in [0.2, 0.25) is 5.91 Å². The highest BCUT2D eigenvalue weighted by atomic mass is 16.2. The quantitative estimate of drug-likeness (QED) is 0.539. The first kappa shape index (κ1) is 16.0. The van der Waals surface area contributed by atoms with E-state index in [1.165, 1.54) is 12.8 Å². The number of unbranched alkanes of at least 4 members (excludes halogenated alkanes) is 2. The summed E-state index contributed by atoms with van der Waals surface area (Å²) in [6.45, 7) is 7.16. The number of carbonyl (C=O) groups excluding carboxylic acids is 1. The Hall–Kier alpha value is -1.01. The van der Waals surface area contributed by atoms with Gasteiger partial charge in [-0.1, -0.05) is 13.8 Å². The van der Waals surface area contributed by atoms with Crippen molar-refractivity contribution in [3.63, 3.8) is 0 Å². The molecular formula is C16H28N2O. The van der Waals surface area contributed by atoms with Crippen molar-refractivity contribution >= 4 is 5.91 Å². The predicted molar refractivity (Wildman–Crippen MR) is 79.7 cm³/mol. The molecule has 1 rings (SSSR count). The topological polar surface area (TPSA) is 32.3 Å². The van der Waals surface area contributed by atoms with Crippen LogP contribution in [0.25, 0.3) is 0 Å². The lowest BCUT2D eigenvalue weighted by Gasteiger charge is -2.27. The van der Waals surface area contributed by atoms with Crippen LogP contribution in [0.15, 0.2) is 0 Å². The average Bonchev–Trinajstić information content (AvgIpc) is 2.86. The van der Waals surface area contributed by atoms with Crippen molar-refractivity contribution in [3.8, 4) is 12.3 Å². The molecule has 0 aliphatic carbocycles. The third-order valence-electron chi connectivity index (χ3n) is 3.50. The van der Waals surface area contributed by atoms with Crippen molar-refractivity contribution < 1.29 is 4.79 Å².